The van der Waals surface area contributed by atoms with Gasteiger partial charge in [0.25, 0.3) is 0 Å². The van der Waals surface area contributed by atoms with Crippen molar-refractivity contribution in [1.82, 2.24) is 0 Å². The van der Waals surface area contributed by atoms with E-state index in [0.717, 1.165) is 30.6 Å². The quantitative estimate of drug-likeness (QED) is 0.554. The number of phenolic OH excluding ortho intramolecular Hbond substituents is 1. The van der Waals surface area contributed by atoms with Crippen LogP contribution in [-0.4, -0.2) is 21.4 Å². The van der Waals surface area contributed by atoms with Crippen molar-refractivity contribution < 1.29 is 15.0 Å². The van der Waals surface area contributed by atoms with Crippen LogP contribution in [0.1, 0.15) is 39.0 Å². The lowest BCUT2D eigenvalue weighted by molar-refractivity contribution is -0.136. The van der Waals surface area contributed by atoms with E-state index in [9.17, 15) is 15.0 Å². The molecule has 0 spiro atoms. The minimum atomic E-state index is -0.760. The lowest BCUT2D eigenvalue weighted by atomic mass is 10.1. The number of rotatable bonds is 8. The van der Waals surface area contributed by atoms with E-state index in [-0.39, 0.29) is 5.75 Å². The SMILES string of the molecule is CCCCCCC(Sc1ccc(O)cc1)C(=O)O. The molecule has 2 N–H and O–H groups in total. The van der Waals surface area contributed by atoms with Gasteiger partial charge in [-0.3, -0.25) is 4.79 Å². The number of benzene rings is 1. The van der Waals surface area contributed by atoms with Gasteiger partial charge in [0.2, 0.25) is 0 Å². The number of aliphatic carboxylic acids is 1. The van der Waals surface area contributed by atoms with Crippen molar-refractivity contribution in [2.75, 3.05) is 0 Å². The molecular formula is C14H20O3S. The van der Waals surface area contributed by atoms with Gasteiger partial charge >= 0.3 is 5.97 Å². The number of carboxylic acid groups (broad SMARTS) is 1. The maximum absolute atomic E-state index is 11.2. The minimum absolute atomic E-state index is 0.203. The molecular weight excluding hydrogens is 248 g/mol. The molecule has 0 fully saturated rings. The van der Waals surface area contributed by atoms with Crippen molar-refractivity contribution in [3.8, 4) is 5.75 Å². The molecule has 0 aliphatic rings. The fourth-order valence-electron chi connectivity index (χ4n) is 1.68. The molecule has 0 aliphatic heterocycles. The highest BCUT2D eigenvalue weighted by atomic mass is 32.2. The summed E-state index contributed by atoms with van der Waals surface area (Å²) >= 11 is 1.35. The van der Waals surface area contributed by atoms with Crippen LogP contribution in [0.5, 0.6) is 5.75 Å². The molecule has 0 bridgehead atoms. The Hall–Kier alpha value is -1.16. The summed E-state index contributed by atoms with van der Waals surface area (Å²) in [5, 5.41) is 18.0. The van der Waals surface area contributed by atoms with Crippen LogP contribution in [0.3, 0.4) is 0 Å². The lowest BCUT2D eigenvalue weighted by Crippen LogP contribution is -2.16. The molecule has 100 valence electrons. The highest BCUT2D eigenvalue weighted by molar-refractivity contribution is 8.00. The number of hydrogen-bond acceptors (Lipinski definition) is 3. The van der Waals surface area contributed by atoms with Gasteiger partial charge in [0, 0.05) is 4.90 Å². The minimum Gasteiger partial charge on any atom is -0.508 e. The maximum Gasteiger partial charge on any atom is 0.316 e. The van der Waals surface area contributed by atoms with Crippen LogP contribution in [0.4, 0.5) is 0 Å². The van der Waals surface area contributed by atoms with Crippen molar-refractivity contribution in [1.29, 1.82) is 0 Å². The summed E-state index contributed by atoms with van der Waals surface area (Å²) in [7, 11) is 0. The van der Waals surface area contributed by atoms with Gasteiger partial charge in [-0.1, -0.05) is 32.6 Å². The second kappa shape index (κ2) is 8.03. The largest absolute Gasteiger partial charge is 0.508 e. The number of phenols is 1. The van der Waals surface area contributed by atoms with E-state index in [1.165, 1.54) is 11.8 Å². The van der Waals surface area contributed by atoms with E-state index in [0.29, 0.717) is 6.42 Å². The Morgan fingerprint density at radius 1 is 1.22 bits per heavy atom. The Bertz CT molecular complexity index is 362. The average Bonchev–Trinajstić information content (AvgIpc) is 2.35. The first-order chi connectivity index (χ1) is 8.63. The third-order valence-corrected chi connectivity index (χ3v) is 3.98. The smallest absolute Gasteiger partial charge is 0.316 e. The summed E-state index contributed by atoms with van der Waals surface area (Å²) < 4.78 is 0. The molecule has 3 nitrogen and oxygen atoms in total. The summed E-state index contributed by atoms with van der Waals surface area (Å²) in [6.45, 7) is 2.14. The first-order valence-electron chi connectivity index (χ1n) is 6.32. The van der Waals surface area contributed by atoms with Crippen LogP contribution in [0.25, 0.3) is 0 Å². The average molecular weight is 268 g/mol. The first-order valence-corrected chi connectivity index (χ1v) is 7.20. The van der Waals surface area contributed by atoms with Gasteiger partial charge in [-0.05, 0) is 30.7 Å². The molecule has 1 aromatic carbocycles. The predicted octanol–water partition coefficient (Wildman–Crippen LogP) is 3.91. The van der Waals surface area contributed by atoms with E-state index >= 15 is 0 Å². The van der Waals surface area contributed by atoms with E-state index in [4.69, 9.17) is 0 Å². The molecule has 1 unspecified atom stereocenters. The molecule has 0 aliphatic carbocycles. The van der Waals surface area contributed by atoms with Crippen molar-refractivity contribution in [3.63, 3.8) is 0 Å². The van der Waals surface area contributed by atoms with E-state index in [2.05, 4.69) is 6.92 Å². The van der Waals surface area contributed by atoms with Crippen LogP contribution >= 0.6 is 11.8 Å². The molecule has 1 rings (SSSR count). The second-order valence-electron chi connectivity index (χ2n) is 4.29. The standard InChI is InChI=1S/C14H20O3S/c1-2-3-4-5-6-13(14(16)17)18-12-9-7-11(15)8-10-12/h7-10,13,15H,2-6H2,1H3,(H,16,17). The molecule has 1 atom stereocenters. The Morgan fingerprint density at radius 3 is 2.44 bits per heavy atom. The topological polar surface area (TPSA) is 57.5 Å². The number of carbonyl (C=O) groups is 1. The van der Waals surface area contributed by atoms with Gasteiger partial charge in [0.05, 0.1) is 0 Å². The predicted molar refractivity (Wildman–Crippen MR) is 74.1 cm³/mol. The number of hydrogen-bond donors (Lipinski definition) is 2. The number of aromatic hydroxyl groups is 1. The molecule has 0 amide bonds. The molecule has 0 heterocycles. The van der Waals surface area contributed by atoms with Crippen molar-refractivity contribution in [3.05, 3.63) is 24.3 Å². The van der Waals surface area contributed by atoms with E-state index in [1.54, 1.807) is 24.3 Å². The molecule has 0 saturated heterocycles. The Balaban J connectivity index is 2.47. The van der Waals surface area contributed by atoms with Gasteiger partial charge in [0.15, 0.2) is 0 Å². The van der Waals surface area contributed by atoms with E-state index in [1.807, 2.05) is 0 Å². The fourth-order valence-corrected chi connectivity index (χ4v) is 2.69. The van der Waals surface area contributed by atoms with Crippen molar-refractivity contribution >= 4 is 17.7 Å². The third-order valence-electron chi connectivity index (χ3n) is 2.71. The van der Waals surface area contributed by atoms with Crippen molar-refractivity contribution in [2.45, 2.75) is 49.2 Å². The van der Waals surface area contributed by atoms with Gasteiger partial charge in [-0.15, -0.1) is 11.8 Å². The highest BCUT2D eigenvalue weighted by Gasteiger charge is 2.18. The Morgan fingerprint density at radius 2 is 1.89 bits per heavy atom. The maximum atomic E-state index is 11.2. The number of unbranched alkanes of at least 4 members (excludes halogenated alkanes) is 3. The highest BCUT2D eigenvalue weighted by Crippen LogP contribution is 2.28. The zero-order valence-electron chi connectivity index (χ0n) is 10.6. The van der Waals surface area contributed by atoms with Crippen LogP contribution in [0.15, 0.2) is 29.2 Å². The first kappa shape index (κ1) is 14.9. The monoisotopic (exact) mass is 268 g/mol. The van der Waals surface area contributed by atoms with Crippen molar-refractivity contribution in [2.24, 2.45) is 0 Å². The summed E-state index contributed by atoms with van der Waals surface area (Å²) in [4.78, 5) is 12.0. The zero-order chi connectivity index (χ0) is 13.4. The van der Waals surface area contributed by atoms with Gasteiger partial charge in [0.1, 0.15) is 11.0 Å². The molecule has 0 saturated carbocycles. The number of carboxylic acids is 1. The molecule has 18 heavy (non-hydrogen) atoms. The zero-order valence-corrected chi connectivity index (χ0v) is 11.4. The Kier molecular flexibility index (Phi) is 6.65. The number of thioether (sulfide) groups is 1. The molecule has 4 heteroatoms. The van der Waals surface area contributed by atoms with Crippen LogP contribution in [0, 0.1) is 0 Å². The summed E-state index contributed by atoms with van der Waals surface area (Å²) in [5.41, 5.74) is 0. The Labute approximate surface area is 112 Å². The van der Waals surface area contributed by atoms with Gasteiger partial charge < -0.3 is 10.2 Å². The summed E-state index contributed by atoms with van der Waals surface area (Å²) in [6, 6.07) is 6.67. The second-order valence-corrected chi connectivity index (χ2v) is 5.56. The summed E-state index contributed by atoms with van der Waals surface area (Å²) in [5.74, 6) is -0.557. The fraction of sp³-hybridized carbons (Fsp3) is 0.500. The molecule has 1 aromatic rings. The van der Waals surface area contributed by atoms with E-state index < -0.39 is 11.2 Å². The third kappa shape index (κ3) is 5.45. The summed E-state index contributed by atoms with van der Waals surface area (Å²) in [6.07, 6.45) is 5.06. The lowest BCUT2D eigenvalue weighted by Gasteiger charge is -2.11. The van der Waals surface area contributed by atoms with Crippen LogP contribution in [0.2, 0.25) is 0 Å². The van der Waals surface area contributed by atoms with Crippen LogP contribution < -0.4 is 0 Å². The van der Waals surface area contributed by atoms with Gasteiger partial charge in [-0.25, -0.2) is 0 Å². The van der Waals surface area contributed by atoms with Gasteiger partial charge in [-0.2, -0.15) is 0 Å². The normalized spacial score (nSPS) is 12.3. The van der Waals surface area contributed by atoms with Crippen LogP contribution in [-0.2, 0) is 4.79 Å². The molecule has 0 radical (unpaired) electrons. The molecule has 0 aromatic heterocycles.